The second-order valence-corrected chi connectivity index (χ2v) is 12.9. The van der Waals surface area contributed by atoms with E-state index in [1.54, 1.807) is 0 Å². The number of aromatic nitrogens is 4. The molecule has 9 rings (SSSR count). The standard InChI is InChI=1S/C38H22N4OSe/c1-3-9-23(10-4-1)35-40-36(42-37(41-35)27-16-19-30-29-13-7-8-14-31(29)43-32(30)22-27)26-15-18-28-25(21-26)17-20-33-34(28)39-38(44-33)24-11-5-2-6-12-24/h1-22H. The number of para-hydroxylation sites is 1. The summed E-state index contributed by atoms with van der Waals surface area (Å²) in [5.41, 5.74) is 6.69. The zero-order chi connectivity index (χ0) is 29.0. The van der Waals surface area contributed by atoms with Crippen molar-refractivity contribution in [2.75, 3.05) is 0 Å². The van der Waals surface area contributed by atoms with Crippen molar-refractivity contribution >= 4 is 57.0 Å². The van der Waals surface area contributed by atoms with Crippen molar-refractivity contribution in [3.05, 3.63) is 133 Å². The molecule has 0 amide bonds. The van der Waals surface area contributed by atoms with Gasteiger partial charge >= 0.3 is 208 Å². The Labute approximate surface area is 258 Å². The van der Waals surface area contributed by atoms with Crippen LogP contribution in [-0.4, -0.2) is 34.4 Å². The number of fused-ring (bicyclic) bond motifs is 6. The second kappa shape index (κ2) is 10.1. The summed E-state index contributed by atoms with van der Waals surface area (Å²) >= 11 is 0.179. The number of hydrogen-bond donors (Lipinski definition) is 0. The third-order valence-corrected chi connectivity index (χ3v) is 10.2. The minimum atomic E-state index is 0.179. The molecule has 0 fully saturated rings. The molecule has 0 N–H and O–H groups in total. The van der Waals surface area contributed by atoms with Gasteiger partial charge in [0.15, 0.2) is 0 Å². The average molecular weight is 630 g/mol. The van der Waals surface area contributed by atoms with Gasteiger partial charge in [0.25, 0.3) is 0 Å². The number of rotatable bonds is 4. The molecule has 6 heteroatoms. The fourth-order valence-electron chi connectivity index (χ4n) is 5.78. The molecule has 0 bridgehead atoms. The van der Waals surface area contributed by atoms with Crippen molar-refractivity contribution < 1.29 is 4.42 Å². The molecule has 3 heterocycles. The molecular formula is C38H22N4OSe. The van der Waals surface area contributed by atoms with Crippen LogP contribution in [0.4, 0.5) is 0 Å². The normalized spacial score (nSPS) is 11.6. The van der Waals surface area contributed by atoms with E-state index in [0.717, 1.165) is 54.9 Å². The first-order chi connectivity index (χ1) is 21.8. The topological polar surface area (TPSA) is 64.7 Å². The number of benzene rings is 6. The monoisotopic (exact) mass is 630 g/mol. The van der Waals surface area contributed by atoms with E-state index in [4.69, 9.17) is 24.4 Å². The zero-order valence-electron chi connectivity index (χ0n) is 23.3. The summed E-state index contributed by atoms with van der Waals surface area (Å²) in [5.74, 6) is 1.85. The van der Waals surface area contributed by atoms with Gasteiger partial charge < -0.3 is 4.42 Å². The van der Waals surface area contributed by atoms with Crippen molar-refractivity contribution in [2.24, 2.45) is 0 Å². The van der Waals surface area contributed by atoms with Gasteiger partial charge in [0.05, 0.1) is 0 Å². The molecule has 0 spiro atoms. The summed E-state index contributed by atoms with van der Waals surface area (Å²) in [7, 11) is 0. The van der Waals surface area contributed by atoms with E-state index in [1.165, 1.54) is 14.4 Å². The Balaban J connectivity index is 1.19. The van der Waals surface area contributed by atoms with Crippen LogP contribution in [0.2, 0.25) is 0 Å². The molecule has 0 saturated heterocycles. The van der Waals surface area contributed by atoms with E-state index in [2.05, 4.69) is 72.8 Å². The maximum atomic E-state index is 6.18. The molecule has 0 radical (unpaired) electrons. The van der Waals surface area contributed by atoms with E-state index in [1.807, 2.05) is 60.7 Å². The van der Waals surface area contributed by atoms with Gasteiger partial charge in [0.1, 0.15) is 5.58 Å². The van der Waals surface area contributed by atoms with Crippen LogP contribution < -0.4 is 0 Å². The maximum absolute atomic E-state index is 6.18. The summed E-state index contributed by atoms with van der Waals surface area (Å²) in [6.07, 6.45) is 0. The van der Waals surface area contributed by atoms with Crippen LogP contribution in [0.1, 0.15) is 0 Å². The van der Waals surface area contributed by atoms with Crippen LogP contribution in [0.5, 0.6) is 0 Å². The molecular weight excluding hydrogens is 607 g/mol. The Morgan fingerprint density at radius 1 is 0.432 bits per heavy atom. The predicted octanol–water partition coefficient (Wildman–Crippen LogP) is 9.20. The zero-order valence-corrected chi connectivity index (χ0v) is 25.0. The fraction of sp³-hybridized carbons (Fsp3) is 0. The second-order valence-electron chi connectivity index (χ2n) is 10.7. The molecule has 0 aliphatic heterocycles. The molecule has 3 aromatic heterocycles. The third kappa shape index (κ3) is 4.23. The SMILES string of the molecule is c1ccc(-c2nc(-c3ccc4c(ccc5[se]c(-c6ccccc6)nc54)c3)nc(-c3ccc4c(c3)oc3ccccc34)n2)cc1. The fourth-order valence-corrected chi connectivity index (χ4v) is 7.85. The molecule has 0 atom stereocenters. The predicted molar refractivity (Wildman–Crippen MR) is 179 cm³/mol. The first kappa shape index (κ1) is 25.1. The Morgan fingerprint density at radius 3 is 1.82 bits per heavy atom. The molecule has 0 unspecified atom stereocenters. The molecule has 0 aliphatic carbocycles. The summed E-state index contributed by atoms with van der Waals surface area (Å²) < 4.78 is 8.66. The van der Waals surface area contributed by atoms with Gasteiger partial charge in [0.2, 0.25) is 0 Å². The van der Waals surface area contributed by atoms with Crippen LogP contribution in [0.25, 0.3) is 86.8 Å². The van der Waals surface area contributed by atoms with E-state index >= 15 is 0 Å². The van der Waals surface area contributed by atoms with Crippen LogP contribution in [0.3, 0.4) is 0 Å². The molecule has 9 aromatic rings. The van der Waals surface area contributed by atoms with Crippen molar-refractivity contribution in [3.8, 4) is 44.3 Å². The van der Waals surface area contributed by atoms with Gasteiger partial charge in [-0.05, 0) is 6.07 Å². The van der Waals surface area contributed by atoms with Crippen LogP contribution in [0, 0.1) is 0 Å². The van der Waals surface area contributed by atoms with Gasteiger partial charge in [-0.25, -0.2) is 0 Å². The van der Waals surface area contributed by atoms with E-state index < -0.39 is 0 Å². The van der Waals surface area contributed by atoms with Gasteiger partial charge in [-0.1, -0.05) is 24.3 Å². The molecule has 0 saturated carbocycles. The third-order valence-electron chi connectivity index (χ3n) is 7.96. The van der Waals surface area contributed by atoms with E-state index in [9.17, 15) is 0 Å². The van der Waals surface area contributed by atoms with Gasteiger partial charge in [-0.15, -0.1) is 0 Å². The van der Waals surface area contributed by atoms with Crippen molar-refractivity contribution in [1.82, 2.24) is 19.9 Å². The summed E-state index contributed by atoms with van der Waals surface area (Å²) in [6.45, 7) is 0. The molecule has 206 valence electrons. The Hall–Kier alpha value is -5.42. The molecule has 5 nitrogen and oxygen atoms in total. The quantitative estimate of drug-likeness (QED) is 0.182. The van der Waals surface area contributed by atoms with E-state index in [0.29, 0.717) is 17.5 Å². The van der Waals surface area contributed by atoms with Crippen molar-refractivity contribution in [3.63, 3.8) is 0 Å². The Kier molecular flexibility index (Phi) is 5.76. The van der Waals surface area contributed by atoms with Gasteiger partial charge in [0, 0.05) is 10.8 Å². The van der Waals surface area contributed by atoms with Gasteiger partial charge in [-0.3, -0.25) is 0 Å². The number of hydrogen-bond acceptors (Lipinski definition) is 5. The van der Waals surface area contributed by atoms with E-state index in [-0.39, 0.29) is 14.5 Å². The summed E-state index contributed by atoms with van der Waals surface area (Å²) in [4.78, 5) is 20.0. The van der Waals surface area contributed by atoms with Crippen LogP contribution in [-0.2, 0) is 0 Å². The molecule has 44 heavy (non-hydrogen) atoms. The number of nitrogens with zero attached hydrogens (tertiary/aromatic N) is 4. The molecule has 0 aliphatic rings. The molecule has 6 aromatic carbocycles. The van der Waals surface area contributed by atoms with Crippen LogP contribution in [0.15, 0.2) is 138 Å². The Morgan fingerprint density at radius 2 is 1.05 bits per heavy atom. The first-order valence-corrected chi connectivity index (χ1v) is 16.1. The number of furan rings is 1. The minimum absolute atomic E-state index is 0.179. The van der Waals surface area contributed by atoms with Crippen molar-refractivity contribution in [2.45, 2.75) is 0 Å². The summed E-state index contributed by atoms with van der Waals surface area (Å²) in [5, 5.41) is 4.43. The van der Waals surface area contributed by atoms with Crippen LogP contribution >= 0.6 is 0 Å². The average Bonchev–Trinajstić information content (AvgIpc) is 3.70. The van der Waals surface area contributed by atoms with Crippen molar-refractivity contribution in [1.29, 1.82) is 0 Å². The van der Waals surface area contributed by atoms with Gasteiger partial charge in [-0.2, -0.15) is 0 Å². The summed E-state index contributed by atoms with van der Waals surface area (Å²) in [6, 6.07) is 45.6. The Bertz CT molecular complexity index is 2500. The first-order valence-electron chi connectivity index (χ1n) is 14.4.